The Kier molecular flexibility index (Phi) is 5.26. The van der Waals surface area contributed by atoms with Crippen molar-refractivity contribution in [3.63, 3.8) is 0 Å². The van der Waals surface area contributed by atoms with Gasteiger partial charge in [-0.2, -0.15) is 0 Å². The Morgan fingerprint density at radius 2 is 1.76 bits per heavy atom. The molecule has 0 saturated heterocycles. The summed E-state index contributed by atoms with van der Waals surface area (Å²) >= 11 is 12.5. The van der Waals surface area contributed by atoms with Gasteiger partial charge in [0.1, 0.15) is 5.82 Å². The van der Waals surface area contributed by atoms with E-state index in [0.29, 0.717) is 15.6 Å². The fourth-order valence-corrected chi connectivity index (χ4v) is 2.75. The molecule has 0 aliphatic rings. The quantitative estimate of drug-likeness (QED) is 0.788. The summed E-state index contributed by atoms with van der Waals surface area (Å²) in [7, 11) is 0. The van der Waals surface area contributed by atoms with E-state index in [-0.39, 0.29) is 11.9 Å². The molecule has 0 radical (unpaired) electrons. The third kappa shape index (κ3) is 3.57. The summed E-state index contributed by atoms with van der Waals surface area (Å²) in [6.45, 7) is 6.49. The van der Waals surface area contributed by atoms with Gasteiger partial charge in [0.15, 0.2) is 0 Å². The fraction of sp³-hybridized carbons (Fsp3) is 0.294. The zero-order valence-corrected chi connectivity index (χ0v) is 13.8. The van der Waals surface area contributed by atoms with Crippen LogP contribution in [0.4, 0.5) is 4.39 Å². The van der Waals surface area contributed by atoms with Crippen LogP contribution in [0.5, 0.6) is 0 Å². The van der Waals surface area contributed by atoms with Crippen molar-refractivity contribution in [3.05, 3.63) is 68.4 Å². The first-order valence-corrected chi connectivity index (χ1v) is 7.64. The topological polar surface area (TPSA) is 12.0 Å². The molecule has 0 fully saturated rings. The number of aryl methyl sites for hydroxylation is 2. The van der Waals surface area contributed by atoms with Crippen LogP contribution in [-0.4, -0.2) is 6.54 Å². The number of benzene rings is 2. The molecule has 1 nitrogen and oxygen atoms in total. The largest absolute Gasteiger partial charge is 0.306 e. The van der Waals surface area contributed by atoms with Crippen molar-refractivity contribution in [2.45, 2.75) is 26.8 Å². The molecule has 2 aromatic carbocycles. The molecule has 0 amide bonds. The third-order valence-corrected chi connectivity index (χ3v) is 4.26. The monoisotopic (exact) mass is 325 g/mol. The van der Waals surface area contributed by atoms with Crippen LogP contribution >= 0.6 is 23.2 Å². The lowest BCUT2D eigenvalue weighted by molar-refractivity contribution is 0.606. The number of hydrogen-bond donors (Lipinski definition) is 1. The number of hydrogen-bond acceptors (Lipinski definition) is 1. The van der Waals surface area contributed by atoms with Gasteiger partial charge in [-0.3, -0.25) is 0 Å². The minimum absolute atomic E-state index is 0.111. The molecule has 4 heteroatoms. The van der Waals surface area contributed by atoms with Crippen molar-refractivity contribution in [1.29, 1.82) is 0 Å². The first-order chi connectivity index (χ1) is 9.93. The zero-order chi connectivity index (χ0) is 15.6. The van der Waals surface area contributed by atoms with Gasteiger partial charge >= 0.3 is 0 Å². The van der Waals surface area contributed by atoms with Crippen LogP contribution in [0.3, 0.4) is 0 Å². The summed E-state index contributed by atoms with van der Waals surface area (Å²) in [6, 6.07) is 8.97. The van der Waals surface area contributed by atoms with E-state index in [4.69, 9.17) is 23.2 Å². The van der Waals surface area contributed by atoms with E-state index in [9.17, 15) is 4.39 Å². The normalized spacial score (nSPS) is 12.5. The molecule has 0 aromatic heterocycles. The lowest BCUT2D eigenvalue weighted by Crippen LogP contribution is -2.22. The van der Waals surface area contributed by atoms with Crippen molar-refractivity contribution >= 4 is 23.2 Å². The molecular formula is C17H18Cl2FN. The van der Waals surface area contributed by atoms with Crippen LogP contribution < -0.4 is 5.32 Å². The van der Waals surface area contributed by atoms with Gasteiger partial charge in [0, 0.05) is 10.0 Å². The van der Waals surface area contributed by atoms with Gasteiger partial charge in [-0.05, 0) is 60.8 Å². The van der Waals surface area contributed by atoms with Gasteiger partial charge in [-0.25, -0.2) is 4.39 Å². The summed E-state index contributed by atoms with van der Waals surface area (Å²) in [4.78, 5) is 0. The summed E-state index contributed by atoms with van der Waals surface area (Å²) < 4.78 is 13.6. The second-order valence-electron chi connectivity index (χ2n) is 5.12. The van der Waals surface area contributed by atoms with Crippen molar-refractivity contribution in [1.82, 2.24) is 5.32 Å². The third-order valence-electron chi connectivity index (χ3n) is 3.53. The van der Waals surface area contributed by atoms with Crippen LogP contribution in [0.2, 0.25) is 10.0 Å². The standard InChI is InChI=1S/C17H18Cl2FN/c1-4-21-17(12-6-5-10(2)14(18)8-12)13-7-11(3)16(20)9-15(13)19/h5-9,17,21H,4H2,1-3H3. The Labute approximate surface area is 135 Å². The van der Waals surface area contributed by atoms with E-state index in [1.807, 2.05) is 32.0 Å². The van der Waals surface area contributed by atoms with Gasteiger partial charge in [0.25, 0.3) is 0 Å². The van der Waals surface area contributed by atoms with Crippen molar-refractivity contribution < 1.29 is 4.39 Å². The first kappa shape index (κ1) is 16.3. The molecule has 112 valence electrons. The first-order valence-electron chi connectivity index (χ1n) is 6.89. The van der Waals surface area contributed by atoms with Crippen LogP contribution in [-0.2, 0) is 0 Å². The van der Waals surface area contributed by atoms with E-state index in [0.717, 1.165) is 23.2 Å². The fourth-order valence-electron chi connectivity index (χ4n) is 2.30. The van der Waals surface area contributed by atoms with Gasteiger partial charge in [0.05, 0.1) is 6.04 Å². The minimum Gasteiger partial charge on any atom is -0.306 e. The highest BCUT2D eigenvalue weighted by Gasteiger charge is 2.18. The van der Waals surface area contributed by atoms with E-state index >= 15 is 0 Å². The van der Waals surface area contributed by atoms with E-state index in [1.54, 1.807) is 13.0 Å². The molecule has 0 bridgehead atoms. The van der Waals surface area contributed by atoms with Crippen molar-refractivity contribution in [2.75, 3.05) is 6.54 Å². The van der Waals surface area contributed by atoms with Gasteiger partial charge < -0.3 is 5.32 Å². The van der Waals surface area contributed by atoms with Gasteiger partial charge in [-0.15, -0.1) is 0 Å². The highest BCUT2D eigenvalue weighted by atomic mass is 35.5. The Morgan fingerprint density at radius 1 is 1.05 bits per heavy atom. The van der Waals surface area contributed by atoms with E-state index in [2.05, 4.69) is 5.32 Å². The molecular weight excluding hydrogens is 308 g/mol. The summed E-state index contributed by atoms with van der Waals surface area (Å²) in [5.41, 5.74) is 3.48. The second kappa shape index (κ2) is 6.78. The summed E-state index contributed by atoms with van der Waals surface area (Å²) in [5, 5.41) is 4.51. The van der Waals surface area contributed by atoms with E-state index < -0.39 is 0 Å². The maximum Gasteiger partial charge on any atom is 0.127 e. The molecule has 1 N–H and O–H groups in total. The average molecular weight is 326 g/mol. The number of nitrogens with one attached hydrogen (secondary N) is 1. The molecule has 0 aliphatic heterocycles. The molecule has 1 atom stereocenters. The van der Waals surface area contributed by atoms with Crippen LogP contribution in [0, 0.1) is 19.7 Å². The maximum atomic E-state index is 13.6. The predicted octanol–water partition coefficient (Wildman–Crippen LogP) is 5.45. The molecule has 1 unspecified atom stereocenters. The minimum atomic E-state index is -0.291. The van der Waals surface area contributed by atoms with Crippen LogP contribution in [0.15, 0.2) is 30.3 Å². The molecule has 21 heavy (non-hydrogen) atoms. The molecule has 0 heterocycles. The predicted molar refractivity (Wildman–Crippen MR) is 87.9 cm³/mol. The number of rotatable bonds is 4. The summed E-state index contributed by atoms with van der Waals surface area (Å²) in [5.74, 6) is -0.291. The molecule has 0 saturated carbocycles. The van der Waals surface area contributed by atoms with Crippen LogP contribution in [0.1, 0.15) is 35.2 Å². The summed E-state index contributed by atoms with van der Waals surface area (Å²) in [6.07, 6.45) is 0. The maximum absolute atomic E-state index is 13.6. The Balaban J connectivity index is 2.52. The lowest BCUT2D eigenvalue weighted by atomic mass is 9.96. The molecule has 2 aromatic rings. The number of halogens is 3. The smallest absolute Gasteiger partial charge is 0.127 e. The average Bonchev–Trinajstić information content (AvgIpc) is 2.44. The molecule has 0 aliphatic carbocycles. The van der Waals surface area contributed by atoms with Crippen molar-refractivity contribution in [3.8, 4) is 0 Å². The second-order valence-corrected chi connectivity index (χ2v) is 5.94. The highest BCUT2D eigenvalue weighted by molar-refractivity contribution is 6.32. The van der Waals surface area contributed by atoms with E-state index in [1.165, 1.54) is 6.07 Å². The van der Waals surface area contributed by atoms with Gasteiger partial charge in [-0.1, -0.05) is 42.3 Å². The van der Waals surface area contributed by atoms with Crippen molar-refractivity contribution in [2.24, 2.45) is 0 Å². The Morgan fingerprint density at radius 3 is 2.38 bits per heavy atom. The molecule has 0 spiro atoms. The molecule has 2 rings (SSSR count). The lowest BCUT2D eigenvalue weighted by Gasteiger charge is -2.21. The SMILES string of the molecule is CCNC(c1ccc(C)c(Cl)c1)c1cc(C)c(F)cc1Cl. The van der Waals surface area contributed by atoms with Gasteiger partial charge in [0.2, 0.25) is 0 Å². The zero-order valence-electron chi connectivity index (χ0n) is 12.3. The highest BCUT2D eigenvalue weighted by Crippen LogP contribution is 2.32. The Bertz CT molecular complexity index is 655. The van der Waals surface area contributed by atoms with Crippen LogP contribution in [0.25, 0.3) is 0 Å². The Hall–Kier alpha value is -1.09.